The van der Waals surface area contributed by atoms with Crippen molar-refractivity contribution in [3.63, 3.8) is 0 Å². The van der Waals surface area contributed by atoms with Crippen molar-refractivity contribution in [2.45, 2.75) is 32.3 Å². The van der Waals surface area contributed by atoms with Gasteiger partial charge in [-0.1, -0.05) is 0 Å². The molecule has 0 saturated heterocycles. The van der Waals surface area contributed by atoms with E-state index in [0.717, 1.165) is 0 Å². The van der Waals surface area contributed by atoms with Crippen LogP contribution in [0.15, 0.2) is 0 Å². The first kappa shape index (κ1) is 9.43. The molecule has 0 aromatic rings. The van der Waals surface area contributed by atoms with Gasteiger partial charge in [-0.05, 0) is 20.3 Å². The number of rotatable bonds is 3. The summed E-state index contributed by atoms with van der Waals surface area (Å²) in [7, 11) is 1.59. The minimum Gasteiger partial charge on any atom is -0.390 e. The van der Waals surface area contributed by atoms with Gasteiger partial charge in [-0.15, -0.1) is 0 Å². The molecule has 0 unspecified atom stereocenters. The van der Waals surface area contributed by atoms with Crippen molar-refractivity contribution in [1.82, 2.24) is 5.32 Å². The first-order valence-electron chi connectivity index (χ1n) is 3.38. The number of carbonyl (C=O) groups is 1. The molecule has 3 heteroatoms. The van der Waals surface area contributed by atoms with E-state index in [9.17, 15) is 9.90 Å². The molecule has 0 aliphatic carbocycles. The van der Waals surface area contributed by atoms with Crippen molar-refractivity contribution in [1.29, 1.82) is 0 Å². The van der Waals surface area contributed by atoms with Gasteiger partial charge in [0.15, 0.2) is 0 Å². The summed E-state index contributed by atoms with van der Waals surface area (Å²) in [4.78, 5) is 10.6. The molecule has 0 rings (SSSR count). The number of aliphatic hydroxyl groups is 1. The Labute approximate surface area is 61.4 Å². The van der Waals surface area contributed by atoms with Crippen LogP contribution < -0.4 is 5.32 Å². The Morgan fingerprint density at radius 3 is 2.40 bits per heavy atom. The fourth-order valence-corrected chi connectivity index (χ4v) is 0.544. The fraction of sp³-hybridized carbons (Fsp3) is 0.857. The molecule has 0 aliphatic rings. The predicted octanol–water partition coefficient (Wildman–Crippen LogP) is 0.283. The van der Waals surface area contributed by atoms with E-state index in [1.807, 2.05) is 0 Å². The predicted molar refractivity (Wildman–Crippen MR) is 39.6 cm³/mol. The molecule has 2 N–H and O–H groups in total. The SMILES string of the molecule is CNC(=O)CCC(C)(C)O. The Morgan fingerprint density at radius 2 is 2.10 bits per heavy atom. The fourth-order valence-electron chi connectivity index (χ4n) is 0.544. The van der Waals surface area contributed by atoms with Gasteiger partial charge >= 0.3 is 0 Å². The van der Waals surface area contributed by atoms with E-state index in [2.05, 4.69) is 5.32 Å². The third kappa shape index (κ3) is 5.56. The van der Waals surface area contributed by atoms with Crippen LogP contribution in [-0.2, 0) is 4.79 Å². The van der Waals surface area contributed by atoms with Gasteiger partial charge in [-0.25, -0.2) is 0 Å². The average molecular weight is 145 g/mol. The van der Waals surface area contributed by atoms with Crippen LogP contribution in [0.3, 0.4) is 0 Å². The van der Waals surface area contributed by atoms with E-state index in [1.165, 1.54) is 0 Å². The summed E-state index contributed by atoms with van der Waals surface area (Å²) in [5.41, 5.74) is -0.730. The summed E-state index contributed by atoms with van der Waals surface area (Å²) in [6.45, 7) is 3.38. The van der Waals surface area contributed by atoms with E-state index >= 15 is 0 Å². The molecule has 3 nitrogen and oxygen atoms in total. The molecule has 0 atom stereocenters. The maximum Gasteiger partial charge on any atom is 0.219 e. The summed E-state index contributed by atoms with van der Waals surface area (Å²) >= 11 is 0. The second-order valence-electron chi connectivity index (χ2n) is 2.99. The Morgan fingerprint density at radius 1 is 1.60 bits per heavy atom. The standard InChI is InChI=1S/C7H15NO2/c1-7(2,10)5-4-6(9)8-3/h10H,4-5H2,1-3H3,(H,8,9). The molecular weight excluding hydrogens is 130 g/mol. The lowest BCUT2D eigenvalue weighted by atomic mass is 10.0. The Kier molecular flexibility index (Phi) is 3.36. The summed E-state index contributed by atoms with van der Waals surface area (Å²) in [5, 5.41) is 11.7. The minimum absolute atomic E-state index is 0.0258. The van der Waals surface area contributed by atoms with E-state index in [-0.39, 0.29) is 5.91 Å². The maximum absolute atomic E-state index is 10.6. The van der Waals surface area contributed by atoms with Crippen LogP contribution in [0.1, 0.15) is 26.7 Å². The van der Waals surface area contributed by atoms with Gasteiger partial charge in [0.2, 0.25) is 5.91 Å². The second-order valence-corrected chi connectivity index (χ2v) is 2.99. The molecule has 10 heavy (non-hydrogen) atoms. The first-order valence-corrected chi connectivity index (χ1v) is 3.38. The number of hydrogen-bond donors (Lipinski definition) is 2. The molecule has 0 aromatic carbocycles. The second kappa shape index (κ2) is 3.56. The number of nitrogens with one attached hydrogen (secondary N) is 1. The third-order valence-electron chi connectivity index (χ3n) is 1.24. The van der Waals surface area contributed by atoms with Crippen molar-refractivity contribution in [2.24, 2.45) is 0 Å². The van der Waals surface area contributed by atoms with E-state index in [0.29, 0.717) is 12.8 Å². The van der Waals surface area contributed by atoms with Crippen LogP contribution in [0.5, 0.6) is 0 Å². The van der Waals surface area contributed by atoms with Crippen molar-refractivity contribution < 1.29 is 9.90 Å². The maximum atomic E-state index is 10.6. The quantitative estimate of drug-likeness (QED) is 0.599. The monoisotopic (exact) mass is 145 g/mol. The molecule has 1 amide bonds. The molecule has 0 radical (unpaired) electrons. The van der Waals surface area contributed by atoms with Crippen molar-refractivity contribution in [3.8, 4) is 0 Å². The highest BCUT2D eigenvalue weighted by Crippen LogP contribution is 2.09. The largest absolute Gasteiger partial charge is 0.390 e. The highest BCUT2D eigenvalue weighted by Gasteiger charge is 2.13. The molecular formula is C7H15NO2. The Bertz CT molecular complexity index is 115. The van der Waals surface area contributed by atoms with Gasteiger partial charge < -0.3 is 10.4 Å². The highest BCUT2D eigenvalue weighted by atomic mass is 16.3. The Hall–Kier alpha value is -0.570. The molecule has 60 valence electrons. The van der Waals surface area contributed by atoms with Crippen LogP contribution in [0.25, 0.3) is 0 Å². The van der Waals surface area contributed by atoms with Crippen LogP contribution in [0.4, 0.5) is 0 Å². The number of hydrogen-bond acceptors (Lipinski definition) is 2. The topological polar surface area (TPSA) is 49.3 Å². The zero-order valence-corrected chi connectivity index (χ0v) is 6.77. The average Bonchev–Trinajstić information content (AvgIpc) is 1.81. The highest BCUT2D eigenvalue weighted by molar-refractivity contribution is 5.75. The minimum atomic E-state index is -0.730. The van der Waals surface area contributed by atoms with Crippen molar-refractivity contribution in [2.75, 3.05) is 7.05 Å². The summed E-state index contributed by atoms with van der Waals surface area (Å²) < 4.78 is 0. The van der Waals surface area contributed by atoms with Gasteiger partial charge in [-0.2, -0.15) is 0 Å². The normalized spacial score (nSPS) is 11.2. The van der Waals surface area contributed by atoms with Crippen LogP contribution in [-0.4, -0.2) is 23.7 Å². The molecule has 0 fully saturated rings. The van der Waals surface area contributed by atoms with Gasteiger partial charge in [0.05, 0.1) is 5.60 Å². The number of carbonyl (C=O) groups excluding carboxylic acids is 1. The van der Waals surface area contributed by atoms with E-state index in [4.69, 9.17) is 0 Å². The van der Waals surface area contributed by atoms with Gasteiger partial charge in [-0.3, -0.25) is 4.79 Å². The molecule has 0 spiro atoms. The van der Waals surface area contributed by atoms with E-state index in [1.54, 1.807) is 20.9 Å². The molecule has 0 bridgehead atoms. The summed E-state index contributed by atoms with van der Waals surface area (Å²) in [6.07, 6.45) is 0.896. The van der Waals surface area contributed by atoms with Crippen LogP contribution >= 0.6 is 0 Å². The smallest absolute Gasteiger partial charge is 0.219 e. The number of amides is 1. The lowest BCUT2D eigenvalue weighted by molar-refractivity contribution is -0.121. The van der Waals surface area contributed by atoms with Crippen LogP contribution in [0.2, 0.25) is 0 Å². The molecule has 0 aromatic heterocycles. The van der Waals surface area contributed by atoms with Crippen molar-refractivity contribution in [3.05, 3.63) is 0 Å². The Balaban J connectivity index is 3.46. The lowest BCUT2D eigenvalue weighted by Gasteiger charge is -2.15. The molecule has 0 saturated carbocycles. The third-order valence-corrected chi connectivity index (χ3v) is 1.24. The first-order chi connectivity index (χ1) is 4.45. The van der Waals surface area contributed by atoms with Gasteiger partial charge in [0.1, 0.15) is 0 Å². The van der Waals surface area contributed by atoms with Crippen molar-refractivity contribution >= 4 is 5.91 Å². The lowest BCUT2D eigenvalue weighted by Crippen LogP contribution is -2.24. The molecule has 0 heterocycles. The molecule has 0 aliphatic heterocycles. The summed E-state index contributed by atoms with van der Waals surface area (Å²) in [5.74, 6) is -0.0258. The van der Waals surface area contributed by atoms with Gasteiger partial charge in [0, 0.05) is 13.5 Å². The van der Waals surface area contributed by atoms with Crippen LogP contribution in [0, 0.1) is 0 Å². The summed E-state index contributed by atoms with van der Waals surface area (Å²) in [6, 6.07) is 0. The van der Waals surface area contributed by atoms with E-state index < -0.39 is 5.60 Å². The zero-order chi connectivity index (χ0) is 8.20. The van der Waals surface area contributed by atoms with Gasteiger partial charge in [0.25, 0.3) is 0 Å². The zero-order valence-electron chi connectivity index (χ0n) is 6.77.